The molecule has 0 bridgehead atoms. The average Bonchev–Trinajstić information content (AvgIpc) is 3.03. The van der Waals surface area contributed by atoms with Gasteiger partial charge in [-0.1, -0.05) is 27.7 Å². The minimum atomic E-state index is -2.07. The van der Waals surface area contributed by atoms with Crippen LogP contribution in [0.5, 0.6) is 0 Å². The van der Waals surface area contributed by atoms with Gasteiger partial charge in [-0.05, 0) is 74.3 Å². The van der Waals surface area contributed by atoms with Crippen LogP contribution in [0.3, 0.4) is 0 Å². The zero-order chi connectivity index (χ0) is 26.4. The molecule has 1 aliphatic rings. The lowest BCUT2D eigenvalue weighted by molar-refractivity contribution is 0.0575. The molecule has 1 atom stereocenters. The van der Waals surface area contributed by atoms with Crippen LogP contribution in [0.15, 0.2) is 24.4 Å². The molecule has 1 amide bonds. The van der Waals surface area contributed by atoms with Gasteiger partial charge in [-0.2, -0.15) is 5.26 Å². The predicted molar refractivity (Wildman–Crippen MR) is 141 cm³/mol. The Hall–Kier alpha value is -2.47. The number of anilines is 1. The molecule has 0 radical (unpaired) electrons. The monoisotopic (exact) mass is 514 g/mol. The highest BCUT2D eigenvalue weighted by molar-refractivity contribution is 6.74. The van der Waals surface area contributed by atoms with E-state index in [4.69, 9.17) is 20.8 Å². The van der Waals surface area contributed by atoms with E-state index >= 15 is 0 Å². The maximum Gasteiger partial charge on any atom is 0.414 e. The Morgan fingerprint density at radius 1 is 1.26 bits per heavy atom. The number of amides is 1. The molecule has 7 nitrogen and oxygen atoms in total. The van der Waals surface area contributed by atoms with E-state index in [1.807, 2.05) is 26.8 Å². The Balaban J connectivity index is 2.15. The Morgan fingerprint density at radius 2 is 1.91 bits per heavy atom. The SMILES string of the molecule is CC(C)(C)OC(=O)N1C[C@@](C)(CO[Si](C)(C)C(C)(C)C)c2cc(-c3ccnc(Cl)n3)cc(C#N)c21. The maximum absolute atomic E-state index is 13.3. The van der Waals surface area contributed by atoms with Gasteiger partial charge in [0.05, 0.1) is 16.9 Å². The highest BCUT2D eigenvalue weighted by Gasteiger charge is 2.47. The van der Waals surface area contributed by atoms with E-state index in [9.17, 15) is 10.1 Å². The molecule has 188 valence electrons. The molecule has 0 N–H and O–H groups in total. The summed E-state index contributed by atoms with van der Waals surface area (Å²) < 4.78 is 12.3. The van der Waals surface area contributed by atoms with E-state index in [2.05, 4.69) is 56.8 Å². The summed E-state index contributed by atoms with van der Waals surface area (Å²) in [5.41, 5.74) is 1.90. The largest absolute Gasteiger partial charge is 0.443 e. The van der Waals surface area contributed by atoms with Crippen molar-refractivity contribution in [3.63, 3.8) is 0 Å². The zero-order valence-corrected chi connectivity index (χ0v) is 23.9. The second kappa shape index (κ2) is 9.19. The van der Waals surface area contributed by atoms with Crippen molar-refractivity contribution in [3.8, 4) is 17.3 Å². The first-order valence-corrected chi connectivity index (χ1v) is 15.0. The zero-order valence-electron chi connectivity index (χ0n) is 22.1. The molecule has 0 aliphatic carbocycles. The van der Waals surface area contributed by atoms with Crippen LogP contribution in [0.4, 0.5) is 10.5 Å². The number of carbonyl (C=O) groups excluding carboxylic acids is 1. The molecular formula is C26H35ClN4O3Si. The van der Waals surface area contributed by atoms with Gasteiger partial charge in [0.1, 0.15) is 11.7 Å². The van der Waals surface area contributed by atoms with Crippen LogP contribution >= 0.6 is 11.6 Å². The first kappa shape index (κ1) is 27.1. The Kier molecular flexibility index (Phi) is 7.12. The number of fused-ring (bicyclic) bond motifs is 1. The molecule has 2 aromatic rings. The second-order valence-electron chi connectivity index (χ2n) is 11.9. The van der Waals surface area contributed by atoms with Gasteiger partial charge >= 0.3 is 6.09 Å². The third-order valence-corrected chi connectivity index (χ3v) is 11.4. The van der Waals surface area contributed by atoms with Crippen molar-refractivity contribution >= 4 is 31.7 Å². The van der Waals surface area contributed by atoms with Gasteiger partial charge in [0.2, 0.25) is 5.28 Å². The Morgan fingerprint density at radius 3 is 2.46 bits per heavy atom. The number of hydrogen-bond acceptors (Lipinski definition) is 6. The number of rotatable bonds is 4. The average molecular weight is 515 g/mol. The van der Waals surface area contributed by atoms with Crippen molar-refractivity contribution < 1.29 is 14.0 Å². The van der Waals surface area contributed by atoms with Crippen LogP contribution in [0.1, 0.15) is 59.6 Å². The molecule has 2 heterocycles. The molecule has 1 aromatic carbocycles. The number of carbonyl (C=O) groups is 1. The smallest absolute Gasteiger partial charge is 0.414 e. The number of halogens is 1. The predicted octanol–water partition coefficient (Wildman–Crippen LogP) is 6.70. The standard InChI is InChI=1S/C26H35ClN4O3Si/c1-24(2,3)34-23(32)31-15-26(7,16-33-35(8,9)25(4,5)6)19-13-17(12-18(14-28)21(19)31)20-10-11-29-22(27)30-20/h10-13H,15-16H2,1-9H3/t26-/m0/s1. The lowest BCUT2D eigenvalue weighted by Gasteiger charge is -2.39. The molecule has 0 saturated carbocycles. The van der Waals surface area contributed by atoms with Crippen LogP contribution in [0.2, 0.25) is 23.4 Å². The van der Waals surface area contributed by atoms with Gasteiger partial charge in [-0.25, -0.2) is 14.8 Å². The Labute approximate surface area is 214 Å². The molecule has 0 spiro atoms. The fourth-order valence-electron chi connectivity index (χ4n) is 3.78. The summed E-state index contributed by atoms with van der Waals surface area (Å²) in [5.74, 6) is 0. The highest BCUT2D eigenvalue weighted by Crippen LogP contribution is 2.47. The number of aromatic nitrogens is 2. The van der Waals surface area contributed by atoms with Gasteiger partial charge in [-0.3, -0.25) is 4.90 Å². The molecule has 3 rings (SSSR count). The molecule has 35 heavy (non-hydrogen) atoms. The van der Waals surface area contributed by atoms with Crippen molar-refractivity contribution in [2.45, 2.75) is 77.6 Å². The second-order valence-corrected chi connectivity index (χ2v) is 17.1. The summed E-state index contributed by atoms with van der Waals surface area (Å²) in [5, 5.41) is 10.2. The van der Waals surface area contributed by atoms with Gasteiger partial charge in [0.25, 0.3) is 0 Å². The van der Waals surface area contributed by atoms with Crippen LogP contribution < -0.4 is 4.90 Å². The van der Waals surface area contributed by atoms with Crippen molar-refractivity contribution in [1.82, 2.24) is 9.97 Å². The Bertz CT molecular complexity index is 1180. The van der Waals surface area contributed by atoms with E-state index in [1.165, 1.54) is 0 Å². The van der Waals surface area contributed by atoms with Crippen molar-refractivity contribution in [2.75, 3.05) is 18.1 Å². The highest BCUT2D eigenvalue weighted by atomic mass is 35.5. The van der Waals surface area contributed by atoms with Gasteiger partial charge in [-0.15, -0.1) is 0 Å². The lowest BCUT2D eigenvalue weighted by Crippen LogP contribution is -2.46. The fraction of sp³-hybridized carbons (Fsp3) is 0.538. The summed E-state index contributed by atoms with van der Waals surface area (Å²) in [6.45, 7) is 19.3. The van der Waals surface area contributed by atoms with Gasteiger partial charge < -0.3 is 9.16 Å². The molecule has 0 saturated heterocycles. The molecule has 1 aliphatic heterocycles. The van der Waals surface area contributed by atoms with E-state index in [0.29, 0.717) is 30.1 Å². The number of ether oxygens (including phenoxy) is 1. The molecule has 0 unspecified atom stereocenters. The van der Waals surface area contributed by atoms with Gasteiger partial charge in [0, 0.05) is 30.3 Å². The fourth-order valence-corrected chi connectivity index (χ4v) is 5.04. The molecular weight excluding hydrogens is 480 g/mol. The molecule has 0 fully saturated rings. The first-order valence-electron chi connectivity index (χ1n) is 11.7. The topological polar surface area (TPSA) is 88.3 Å². The summed E-state index contributed by atoms with van der Waals surface area (Å²) in [4.78, 5) is 23.1. The maximum atomic E-state index is 13.3. The first-order chi connectivity index (χ1) is 16.0. The summed E-state index contributed by atoms with van der Waals surface area (Å²) in [6, 6.07) is 7.74. The van der Waals surface area contributed by atoms with E-state index in [1.54, 1.807) is 23.2 Å². The van der Waals surface area contributed by atoms with Gasteiger partial charge in [0.15, 0.2) is 8.32 Å². The number of nitriles is 1. The minimum absolute atomic E-state index is 0.0347. The van der Waals surface area contributed by atoms with Crippen molar-refractivity contribution in [1.29, 1.82) is 5.26 Å². The van der Waals surface area contributed by atoms with Crippen LogP contribution in [0.25, 0.3) is 11.3 Å². The van der Waals surface area contributed by atoms with Crippen LogP contribution in [-0.2, 0) is 14.6 Å². The third kappa shape index (κ3) is 5.69. The van der Waals surface area contributed by atoms with Crippen molar-refractivity contribution in [2.24, 2.45) is 0 Å². The number of nitrogens with zero attached hydrogens (tertiary/aromatic N) is 4. The van der Waals surface area contributed by atoms with E-state index < -0.39 is 25.4 Å². The van der Waals surface area contributed by atoms with E-state index in [0.717, 1.165) is 11.1 Å². The third-order valence-electron chi connectivity index (χ3n) is 6.75. The van der Waals surface area contributed by atoms with E-state index in [-0.39, 0.29) is 10.3 Å². The number of benzene rings is 1. The molecule has 9 heteroatoms. The lowest BCUT2D eigenvalue weighted by atomic mass is 9.83. The normalized spacial score (nSPS) is 18.3. The quantitative estimate of drug-likeness (QED) is 0.333. The molecule has 1 aromatic heterocycles. The number of hydrogen-bond donors (Lipinski definition) is 0. The summed E-state index contributed by atoms with van der Waals surface area (Å²) >= 11 is 6.04. The minimum Gasteiger partial charge on any atom is -0.443 e. The van der Waals surface area contributed by atoms with Crippen molar-refractivity contribution in [3.05, 3.63) is 40.8 Å². The van der Waals surface area contributed by atoms with Crippen LogP contribution in [0, 0.1) is 11.3 Å². The summed E-state index contributed by atoms with van der Waals surface area (Å²) in [6.07, 6.45) is 1.10. The van der Waals surface area contributed by atoms with Crippen LogP contribution in [-0.4, -0.2) is 43.1 Å². The summed E-state index contributed by atoms with van der Waals surface area (Å²) in [7, 11) is -2.07.